The number of aromatic nitrogens is 2. The van der Waals surface area contributed by atoms with E-state index in [9.17, 15) is 4.39 Å². The Morgan fingerprint density at radius 2 is 2.11 bits per heavy atom. The third kappa shape index (κ3) is 2.05. The van der Waals surface area contributed by atoms with Crippen LogP contribution < -0.4 is 4.74 Å². The Labute approximate surface area is 110 Å². The Bertz CT molecular complexity index is 721. The third-order valence-electron chi connectivity index (χ3n) is 3.14. The molecule has 0 N–H and O–H groups in total. The number of nitrogens with zero attached hydrogens (tertiary/aromatic N) is 2. The van der Waals surface area contributed by atoms with Crippen LogP contribution in [-0.4, -0.2) is 16.7 Å². The zero-order chi connectivity index (χ0) is 13.2. The summed E-state index contributed by atoms with van der Waals surface area (Å²) in [7, 11) is 1.60. The molecule has 0 bridgehead atoms. The summed E-state index contributed by atoms with van der Waals surface area (Å²) in [5, 5.41) is 0.630. The molecule has 0 saturated carbocycles. The largest absolute Gasteiger partial charge is 0.481 e. The van der Waals surface area contributed by atoms with Gasteiger partial charge in [0.05, 0.1) is 19.2 Å². The second-order valence-corrected chi connectivity index (χ2v) is 4.29. The highest BCUT2D eigenvalue weighted by molar-refractivity contribution is 5.80. The molecule has 0 aliphatic rings. The Balaban J connectivity index is 2.04. The second-order valence-electron chi connectivity index (χ2n) is 4.29. The minimum Gasteiger partial charge on any atom is -0.481 e. The van der Waals surface area contributed by atoms with Crippen molar-refractivity contribution < 1.29 is 9.13 Å². The molecule has 0 aliphatic carbocycles. The van der Waals surface area contributed by atoms with E-state index in [2.05, 4.69) is 4.98 Å². The summed E-state index contributed by atoms with van der Waals surface area (Å²) >= 11 is 0. The maximum absolute atomic E-state index is 13.6. The van der Waals surface area contributed by atoms with Gasteiger partial charge in [0.25, 0.3) is 0 Å². The molecule has 3 rings (SSSR count). The van der Waals surface area contributed by atoms with Gasteiger partial charge in [0, 0.05) is 23.3 Å². The molecule has 2 aromatic heterocycles. The molecule has 4 heteroatoms. The zero-order valence-electron chi connectivity index (χ0n) is 10.5. The van der Waals surface area contributed by atoms with Crippen molar-refractivity contribution >= 4 is 10.9 Å². The average molecular weight is 256 g/mol. The standard InChI is InChI=1S/C15H13FN2O/c1-19-15-11(4-3-8-17-15)10-18-9-7-12-13(16)5-2-6-14(12)18/h2-9H,10H2,1H3. The van der Waals surface area contributed by atoms with Crippen molar-refractivity contribution in [3.63, 3.8) is 0 Å². The van der Waals surface area contributed by atoms with Gasteiger partial charge in [0.15, 0.2) is 0 Å². The highest BCUT2D eigenvalue weighted by atomic mass is 19.1. The molecule has 1 aromatic carbocycles. The van der Waals surface area contributed by atoms with Crippen molar-refractivity contribution in [3.8, 4) is 5.88 Å². The number of hydrogen-bond acceptors (Lipinski definition) is 2. The Kier molecular flexibility index (Phi) is 2.91. The van der Waals surface area contributed by atoms with Crippen molar-refractivity contribution in [2.24, 2.45) is 0 Å². The Morgan fingerprint density at radius 1 is 1.21 bits per heavy atom. The summed E-state index contributed by atoms with van der Waals surface area (Å²) in [6.45, 7) is 0.601. The molecule has 0 radical (unpaired) electrons. The summed E-state index contributed by atoms with van der Waals surface area (Å²) in [5.74, 6) is 0.398. The van der Waals surface area contributed by atoms with E-state index in [0.717, 1.165) is 11.1 Å². The number of benzene rings is 1. The van der Waals surface area contributed by atoms with Gasteiger partial charge in [-0.05, 0) is 24.3 Å². The molecular formula is C15H13FN2O. The summed E-state index contributed by atoms with van der Waals surface area (Å²) in [4.78, 5) is 4.17. The second kappa shape index (κ2) is 4.72. The average Bonchev–Trinajstić information content (AvgIpc) is 2.84. The molecule has 3 nitrogen and oxygen atoms in total. The first kappa shape index (κ1) is 11.7. The smallest absolute Gasteiger partial charge is 0.218 e. The minimum atomic E-state index is -0.200. The van der Waals surface area contributed by atoms with Crippen molar-refractivity contribution in [3.05, 3.63) is 60.2 Å². The summed E-state index contributed by atoms with van der Waals surface area (Å²) in [5.41, 5.74) is 1.83. The van der Waals surface area contributed by atoms with Crippen molar-refractivity contribution in [2.45, 2.75) is 6.54 Å². The number of pyridine rings is 1. The highest BCUT2D eigenvalue weighted by Crippen LogP contribution is 2.22. The van der Waals surface area contributed by atoms with E-state index in [1.165, 1.54) is 6.07 Å². The monoisotopic (exact) mass is 256 g/mol. The predicted molar refractivity (Wildman–Crippen MR) is 71.8 cm³/mol. The van der Waals surface area contributed by atoms with E-state index in [0.29, 0.717) is 17.8 Å². The van der Waals surface area contributed by atoms with E-state index >= 15 is 0 Å². The summed E-state index contributed by atoms with van der Waals surface area (Å²) < 4.78 is 20.8. The number of ether oxygens (including phenoxy) is 1. The fourth-order valence-electron chi connectivity index (χ4n) is 2.24. The van der Waals surface area contributed by atoms with Gasteiger partial charge >= 0.3 is 0 Å². The minimum absolute atomic E-state index is 0.200. The van der Waals surface area contributed by atoms with E-state index < -0.39 is 0 Å². The first-order valence-corrected chi connectivity index (χ1v) is 6.01. The molecule has 3 aromatic rings. The Morgan fingerprint density at radius 3 is 2.95 bits per heavy atom. The first-order valence-electron chi connectivity index (χ1n) is 6.01. The molecule has 0 spiro atoms. The molecule has 0 saturated heterocycles. The van der Waals surface area contributed by atoms with Crippen molar-refractivity contribution in [2.75, 3.05) is 7.11 Å². The molecule has 96 valence electrons. The van der Waals surface area contributed by atoms with Gasteiger partial charge in [-0.3, -0.25) is 0 Å². The highest BCUT2D eigenvalue weighted by Gasteiger charge is 2.08. The van der Waals surface area contributed by atoms with E-state index in [1.807, 2.05) is 29.0 Å². The van der Waals surface area contributed by atoms with E-state index in [4.69, 9.17) is 4.74 Å². The van der Waals surface area contributed by atoms with Gasteiger partial charge in [-0.25, -0.2) is 9.37 Å². The fourth-order valence-corrected chi connectivity index (χ4v) is 2.24. The van der Waals surface area contributed by atoms with Crippen LogP contribution in [0.5, 0.6) is 5.88 Å². The van der Waals surface area contributed by atoms with Crippen LogP contribution in [-0.2, 0) is 6.54 Å². The van der Waals surface area contributed by atoms with Crippen LogP contribution in [0.2, 0.25) is 0 Å². The molecular weight excluding hydrogens is 243 g/mol. The SMILES string of the molecule is COc1ncccc1Cn1ccc2c(F)cccc21. The molecule has 0 atom stereocenters. The first-order chi connectivity index (χ1) is 9.29. The molecule has 0 aliphatic heterocycles. The summed E-state index contributed by atoms with van der Waals surface area (Å²) in [6, 6.07) is 10.7. The van der Waals surface area contributed by atoms with Gasteiger partial charge in [0.1, 0.15) is 5.82 Å². The van der Waals surface area contributed by atoms with E-state index in [-0.39, 0.29) is 5.82 Å². The van der Waals surface area contributed by atoms with Gasteiger partial charge in [-0.1, -0.05) is 12.1 Å². The summed E-state index contributed by atoms with van der Waals surface area (Å²) in [6.07, 6.45) is 3.57. The maximum atomic E-state index is 13.6. The normalized spacial score (nSPS) is 10.8. The topological polar surface area (TPSA) is 27.1 Å². The van der Waals surface area contributed by atoms with Crippen LogP contribution in [0.15, 0.2) is 48.8 Å². The van der Waals surface area contributed by atoms with Crippen molar-refractivity contribution in [1.82, 2.24) is 9.55 Å². The third-order valence-corrected chi connectivity index (χ3v) is 3.14. The lowest BCUT2D eigenvalue weighted by Gasteiger charge is -2.09. The van der Waals surface area contributed by atoms with Gasteiger partial charge < -0.3 is 9.30 Å². The Hall–Kier alpha value is -2.36. The maximum Gasteiger partial charge on any atom is 0.218 e. The number of hydrogen-bond donors (Lipinski definition) is 0. The van der Waals surface area contributed by atoms with Crippen molar-refractivity contribution in [1.29, 1.82) is 0 Å². The van der Waals surface area contributed by atoms with Crippen LogP contribution in [0.3, 0.4) is 0 Å². The van der Waals surface area contributed by atoms with Crippen LogP contribution in [0, 0.1) is 5.82 Å². The zero-order valence-corrected chi connectivity index (χ0v) is 10.5. The van der Waals surface area contributed by atoms with Crippen LogP contribution >= 0.6 is 0 Å². The van der Waals surface area contributed by atoms with Gasteiger partial charge in [-0.15, -0.1) is 0 Å². The number of rotatable bonds is 3. The van der Waals surface area contributed by atoms with E-state index in [1.54, 1.807) is 25.4 Å². The van der Waals surface area contributed by atoms with Crippen LogP contribution in [0.4, 0.5) is 4.39 Å². The molecule has 19 heavy (non-hydrogen) atoms. The quantitative estimate of drug-likeness (QED) is 0.719. The predicted octanol–water partition coefficient (Wildman–Crippen LogP) is 3.23. The molecule has 0 amide bonds. The number of fused-ring (bicyclic) bond motifs is 1. The lowest BCUT2D eigenvalue weighted by molar-refractivity contribution is 0.391. The lowest BCUT2D eigenvalue weighted by atomic mass is 10.2. The van der Waals surface area contributed by atoms with Gasteiger partial charge in [0.2, 0.25) is 5.88 Å². The number of halogens is 1. The molecule has 0 unspecified atom stereocenters. The molecule has 0 fully saturated rings. The van der Waals surface area contributed by atoms with Crippen LogP contribution in [0.1, 0.15) is 5.56 Å². The van der Waals surface area contributed by atoms with Gasteiger partial charge in [-0.2, -0.15) is 0 Å². The fraction of sp³-hybridized carbons (Fsp3) is 0.133. The van der Waals surface area contributed by atoms with Crippen LogP contribution in [0.25, 0.3) is 10.9 Å². The molecule has 2 heterocycles. The number of methoxy groups -OCH3 is 1. The lowest BCUT2D eigenvalue weighted by Crippen LogP contribution is -2.01.